The quantitative estimate of drug-likeness (QED) is 0.428. The number of thiocarbonyl (C=S) groups is 1. The number of allylic oxidation sites excluding steroid dienone is 1. The van der Waals surface area contributed by atoms with Gasteiger partial charge >= 0.3 is 0 Å². The lowest BCUT2D eigenvalue weighted by Gasteiger charge is -2.08. The molecule has 0 fully saturated rings. The van der Waals surface area contributed by atoms with E-state index in [1.165, 1.54) is 0 Å². The monoisotopic (exact) mass is 143 g/mol. The van der Waals surface area contributed by atoms with Gasteiger partial charge in [-0.2, -0.15) is 0 Å². The fourth-order valence-electron chi connectivity index (χ4n) is 0.368. The van der Waals surface area contributed by atoms with Crippen molar-refractivity contribution >= 4 is 17.2 Å². The largest absolute Gasteiger partial charge is 0.369 e. The van der Waals surface area contributed by atoms with E-state index in [1.54, 1.807) is 0 Å². The smallest absolute Gasteiger partial charge is 0.101 e. The lowest BCUT2D eigenvalue weighted by atomic mass is 10.4. The van der Waals surface area contributed by atoms with E-state index in [9.17, 15) is 0 Å². The van der Waals surface area contributed by atoms with Crippen LogP contribution in [0, 0.1) is 0 Å². The Labute approximate surface area is 62.4 Å². The highest BCUT2D eigenvalue weighted by molar-refractivity contribution is 7.80. The summed E-state index contributed by atoms with van der Waals surface area (Å²) in [7, 11) is 3.89. The molecule has 0 aliphatic heterocycles. The van der Waals surface area contributed by atoms with Crippen molar-refractivity contribution in [2.45, 2.75) is 13.3 Å². The molecule has 0 aromatic rings. The van der Waals surface area contributed by atoms with Crippen LogP contribution < -0.4 is 0 Å². The zero-order valence-corrected chi connectivity index (χ0v) is 7.03. The van der Waals surface area contributed by atoms with Crippen LogP contribution in [0.1, 0.15) is 13.3 Å². The Balaban J connectivity index is 3.63. The highest BCUT2D eigenvalue weighted by atomic mass is 32.1. The van der Waals surface area contributed by atoms with Crippen LogP contribution in [0.25, 0.3) is 0 Å². The van der Waals surface area contributed by atoms with Crippen LogP contribution in [-0.4, -0.2) is 24.0 Å². The Bertz CT molecular complexity index is 116. The van der Waals surface area contributed by atoms with E-state index in [2.05, 4.69) is 13.0 Å². The summed E-state index contributed by atoms with van der Waals surface area (Å²) in [5, 5.41) is 0. The summed E-state index contributed by atoms with van der Waals surface area (Å²) >= 11 is 4.98. The maximum absolute atomic E-state index is 4.98. The van der Waals surface area contributed by atoms with Gasteiger partial charge in [0.25, 0.3) is 0 Å². The molecule has 0 N–H and O–H groups in total. The van der Waals surface area contributed by atoms with Crippen molar-refractivity contribution < 1.29 is 0 Å². The van der Waals surface area contributed by atoms with Gasteiger partial charge in [0.1, 0.15) is 4.99 Å². The minimum atomic E-state index is 0.886. The fraction of sp³-hybridized carbons (Fsp3) is 0.571. The lowest BCUT2D eigenvalue weighted by Crippen LogP contribution is -2.16. The van der Waals surface area contributed by atoms with Gasteiger partial charge in [-0.3, -0.25) is 0 Å². The first-order valence-corrected chi connectivity index (χ1v) is 3.47. The molecule has 9 heavy (non-hydrogen) atoms. The summed E-state index contributed by atoms with van der Waals surface area (Å²) in [5.41, 5.74) is 0. The molecule has 0 atom stereocenters. The first kappa shape index (κ1) is 8.63. The minimum Gasteiger partial charge on any atom is -0.369 e. The number of rotatable bonds is 2. The Hall–Kier alpha value is -0.370. The Morgan fingerprint density at radius 1 is 1.56 bits per heavy atom. The van der Waals surface area contributed by atoms with E-state index < -0.39 is 0 Å². The highest BCUT2D eigenvalue weighted by Gasteiger charge is 1.88. The van der Waals surface area contributed by atoms with Gasteiger partial charge in [0, 0.05) is 14.1 Å². The second-order valence-electron chi connectivity index (χ2n) is 2.04. The predicted octanol–water partition coefficient (Wildman–Crippen LogP) is 1.84. The van der Waals surface area contributed by atoms with Gasteiger partial charge < -0.3 is 4.90 Å². The van der Waals surface area contributed by atoms with Crippen molar-refractivity contribution in [3.63, 3.8) is 0 Å². The predicted molar refractivity (Wildman–Crippen MR) is 45.7 cm³/mol. The molecule has 0 radical (unpaired) electrons. The van der Waals surface area contributed by atoms with Crippen molar-refractivity contribution in [2.75, 3.05) is 14.1 Å². The van der Waals surface area contributed by atoms with E-state index in [0.717, 1.165) is 11.4 Å². The molecule has 0 aliphatic rings. The summed E-state index contributed by atoms with van der Waals surface area (Å²) in [5.74, 6) is 0. The molecule has 0 unspecified atom stereocenters. The van der Waals surface area contributed by atoms with Crippen molar-refractivity contribution in [3.8, 4) is 0 Å². The summed E-state index contributed by atoms with van der Waals surface area (Å²) in [6.07, 6.45) is 5.06. The minimum absolute atomic E-state index is 0.886. The SMILES string of the molecule is CC/C=C/C(=S)N(C)C. The van der Waals surface area contributed by atoms with Crippen molar-refractivity contribution in [1.29, 1.82) is 0 Å². The second kappa shape index (κ2) is 4.50. The van der Waals surface area contributed by atoms with Gasteiger partial charge in [-0.25, -0.2) is 0 Å². The van der Waals surface area contributed by atoms with Crippen molar-refractivity contribution in [3.05, 3.63) is 12.2 Å². The average molecular weight is 143 g/mol. The fourth-order valence-corrected chi connectivity index (χ4v) is 0.464. The van der Waals surface area contributed by atoms with Gasteiger partial charge in [-0.05, 0) is 12.5 Å². The Morgan fingerprint density at radius 2 is 2.11 bits per heavy atom. The van der Waals surface area contributed by atoms with E-state index in [4.69, 9.17) is 12.2 Å². The summed E-state index contributed by atoms with van der Waals surface area (Å²) < 4.78 is 0. The van der Waals surface area contributed by atoms with Crippen molar-refractivity contribution in [2.24, 2.45) is 0 Å². The first-order valence-electron chi connectivity index (χ1n) is 3.06. The van der Waals surface area contributed by atoms with Crippen LogP contribution >= 0.6 is 12.2 Å². The molecule has 0 heterocycles. The Morgan fingerprint density at radius 3 is 2.44 bits per heavy atom. The zero-order valence-electron chi connectivity index (χ0n) is 6.22. The van der Waals surface area contributed by atoms with Crippen LogP contribution in [0.3, 0.4) is 0 Å². The highest BCUT2D eigenvalue weighted by Crippen LogP contribution is 1.87. The van der Waals surface area contributed by atoms with Crippen LogP contribution in [0.15, 0.2) is 12.2 Å². The molecule has 0 aromatic carbocycles. The molecular formula is C7H13NS. The molecule has 0 rings (SSSR count). The van der Waals surface area contributed by atoms with Crippen molar-refractivity contribution in [1.82, 2.24) is 4.90 Å². The molecule has 0 amide bonds. The summed E-state index contributed by atoms with van der Waals surface area (Å²) in [6, 6.07) is 0. The third-order valence-electron chi connectivity index (χ3n) is 0.937. The first-order chi connectivity index (χ1) is 4.18. The van der Waals surface area contributed by atoms with E-state index in [-0.39, 0.29) is 0 Å². The lowest BCUT2D eigenvalue weighted by molar-refractivity contribution is 0.639. The number of likely N-dealkylation sites (N-methyl/N-ethyl adjacent to an activating group) is 1. The van der Waals surface area contributed by atoms with Crippen LogP contribution in [0.2, 0.25) is 0 Å². The molecule has 2 heteroatoms. The summed E-state index contributed by atoms with van der Waals surface area (Å²) in [6.45, 7) is 2.09. The molecule has 1 nitrogen and oxygen atoms in total. The number of hydrogen-bond acceptors (Lipinski definition) is 1. The molecule has 52 valence electrons. The molecule has 0 aromatic heterocycles. The van der Waals surface area contributed by atoms with E-state index in [0.29, 0.717) is 0 Å². The molecule has 0 aliphatic carbocycles. The molecule has 0 bridgehead atoms. The molecule has 0 saturated heterocycles. The third-order valence-corrected chi connectivity index (χ3v) is 1.44. The maximum atomic E-state index is 4.98. The molecule has 0 saturated carbocycles. The topological polar surface area (TPSA) is 3.24 Å². The van der Waals surface area contributed by atoms with Crippen LogP contribution in [0.5, 0.6) is 0 Å². The standard InChI is InChI=1S/C7H13NS/c1-4-5-6-7(9)8(2)3/h5-6H,4H2,1-3H3/b6-5+. The third kappa shape index (κ3) is 4.15. The summed E-state index contributed by atoms with van der Waals surface area (Å²) in [4.78, 5) is 2.80. The van der Waals surface area contributed by atoms with Crippen LogP contribution in [0.4, 0.5) is 0 Å². The second-order valence-corrected chi connectivity index (χ2v) is 2.46. The van der Waals surface area contributed by atoms with Gasteiger partial charge in [-0.15, -0.1) is 0 Å². The van der Waals surface area contributed by atoms with E-state index >= 15 is 0 Å². The number of nitrogens with zero attached hydrogens (tertiary/aromatic N) is 1. The van der Waals surface area contributed by atoms with Gasteiger partial charge in [-0.1, -0.05) is 25.2 Å². The average Bonchev–Trinajstić information content (AvgIpc) is 1.82. The molecule has 0 spiro atoms. The number of hydrogen-bond donors (Lipinski definition) is 0. The van der Waals surface area contributed by atoms with Gasteiger partial charge in [0.15, 0.2) is 0 Å². The normalized spacial score (nSPS) is 10.1. The van der Waals surface area contributed by atoms with Gasteiger partial charge in [0.05, 0.1) is 0 Å². The zero-order chi connectivity index (χ0) is 7.28. The maximum Gasteiger partial charge on any atom is 0.101 e. The van der Waals surface area contributed by atoms with E-state index in [1.807, 2.05) is 25.1 Å². The Kier molecular flexibility index (Phi) is 4.32. The van der Waals surface area contributed by atoms with Crippen LogP contribution in [-0.2, 0) is 0 Å². The van der Waals surface area contributed by atoms with Gasteiger partial charge in [0.2, 0.25) is 0 Å². The molecular weight excluding hydrogens is 130 g/mol.